The zero-order valence-corrected chi connectivity index (χ0v) is 18.7. The number of pyridine rings is 2. The van der Waals surface area contributed by atoms with Crippen LogP contribution in [0.2, 0.25) is 0 Å². The third kappa shape index (κ3) is 4.76. The minimum Gasteiger partial charge on any atom is -0.481 e. The van der Waals surface area contributed by atoms with Gasteiger partial charge in [-0.15, -0.1) is 5.10 Å². The normalized spacial score (nSPS) is 16.2. The van der Waals surface area contributed by atoms with E-state index in [9.17, 15) is 14.4 Å². The summed E-state index contributed by atoms with van der Waals surface area (Å²) in [4.78, 5) is 46.9. The van der Waals surface area contributed by atoms with Crippen LogP contribution in [-0.4, -0.2) is 67.6 Å². The summed E-state index contributed by atoms with van der Waals surface area (Å²) in [5.41, 5.74) is 1.33. The zero-order valence-electron chi connectivity index (χ0n) is 18.7. The molecule has 1 aliphatic heterocycles. The van der Waals surface area contributed by atoms with Gasteiger partial charge in [-0.25, -0.2) is 14.3 Å². The monoisotopic (exact) mass is 452 g/mol. The molecule has 1 N–H and O–H groups in total. The van der Waals surface area contributed by atoms with Gasteiger partial charge in [-0.1, -0.05) is 0 Å². The summed E-state index contributed by atoms with van der Waals surface area (Å²) in [6.07, 6.45) is 2.57. The zero-order chi connectivity index (χ0) is 23.8. The Bertz CT molecular complexity index is 1230. The van der Waals surface area contributed by atoms with E-state index in [1.54, 1.807) is 52.4 Å². The highest BCUT2D eigenvalue weighted by molar-refractivity contribution is 6.02. The molecule has 0 spiro atoms. The van der Waals surface area contributed by atoms with Gasteiger partial charge in [0.1, 0.15) is 11.6 Å². The number of methoxy groups -OCH3 is 1. The van der Waals surface area contributed by atoms with Crippen molar-refractivity contribution in [2.75, 3.05) is 19.0 Å². The maximum atomic E-state index is 12.9. The summed E-state index contributed by atoms with van der Waals surface area (Å²) >= 11 is 0. The highest BCUT2D eigenvalue weighted by Crippen LogP contribution is 2.27. The van der Waals surface area contributed by atoms with Crippen LogP contribution >= 0.6 is 0 Å². The van der Waals surface area contributed by atoms with Crippen LogP contribution in [0.4, 0.5) is 10.7 Å². The number of nitrogens with zero attached hydrogens (tertiary/aromatic N) is 5. The second kappa shape index (κ2) is 8.49. The van der Waals surface area contributed by atoms with E-state index >= 15 is 0 Å². The molecule has 0 saturated carbocycles. The largest absolute Gasteiger partial charge is 0.481 e. The Morgan fingerprint density at radius 3 is 2.73 bits per heavy atom. The van der Waals surface area contributed by atoms with Gasteiger partial charge < -0.3 is 9.47 Å². The highest BCUT2D eigenvalue weighted by atomic mass is 16.6. The fourth-order valence-corrected chi connectivity index (χ4v) is 3.50. The first-order valence-electron chi connectivity index (χ1n) is 10.3. The van der Waals surface area contributed by atoms with Crippen LogP contribution < -0.4 is 10.1 Å². The number of nitrogens with one attached hydrogen (secondary N) is 1. The molecule has 3 aromatic rings. The summed E-state index contributed by atoms with van der Waals surface area (Å²) in [6.45, 7) is 4.97. The number of aromatic nitrogens is 4. The van der Waals surface area contributed by atoms with Crippen LogP contribution in [0.3, 0.4) is 0 Å². The Balaban J connectivity index is 1.54. The molecule has 1 atom stereocenters. The Morgan fingerprint density at radius 2 is 2.00 bits per heavy atom. The van der Waals surface area contributed by atoms with Crippen LogP contribution in [0.1, 0.15) is 27.2 Å². The molecule has 0 radical (unpaired) electrons. The average molecular weight is 452 g/mol. The van der Waals surface area contributed by atoms with Crippen LogP contribution in [0.5, 0.6) is 5.88 Å². The molecule has 1 saturated heterocycles. The summed E-state index contributed by atoms with van der Waals surface area (Å²) in [5, 5.41) is 6.91. The van der Waals surface area contributed by atoms with E-state index in [-0.39, 0.29) is 24.7 Å². The lowest BCUT2D eigenvalue weighted by Gasteiger charge is -2.27. The first-order chi connectivity index (χ1) is 15.6. The van der Waals surface area contributed by atoms with Crippen molar-refractivity contribution in [2.45, 2.75) is 38.8 Å². The molecular formula is C22H24N6O5. The van der Waals surface area contributed by atoms with Gasteiger partial charge in [0.05, 0.1) is 13.7 Å². The predicted octanol–water partition coefficient (Wildman–Crippen LogP) is 2.32. The molecule has 4 rings (SSSR count). The third-order valence-electron chi connectivity index (χ3n) is 4.92. The summed E-state index contributed by atoms with van der Waals surface area (Å²) in [6, 6.07) is 6.27. The Labute approximate surface area is 189 Å². The molecule has 0 aromatic carbocycles. The second-order valence-corrected chi connectivity index (χ2v) is 8.57. The van der Waals surface area contributed by atoms with Gasteiger partial charge >= 0.3 is 6.09 Å². The Morgan fingerprint density at radius 1 is 1.21 bits per heavy atom. The van der Waals surface area contributed by atoms with Gasteiger partial charge in [0.25, 0.3) is 0 Å². The van der Waals surface area contributed by atoms with Gasteiger partial charge in [0.2, 0.25) is 17.7 Å². The number of likely N-dealkylation sites (tertiary alicyclic amines) is 1. The molecule has 11 nitrogen and oxygen atoms in total. The van der Waals surface area contributed by atoms with E-state index in [1.807, 2.05) is 12.1 Å². The minimum absolute atomic E-state index is 0.0544. The first kappa shape index (κ1) is 22.2. The van der Waals surface area contributed by atoms with Crippen molar-refractivity contribution in [3.8, 4) is 17.0 Å². The highest BCUT2D eigenvalue weighted by Gasteiger charge is 2.41. The van der Waals surface area contributed by atoms with Gasteiger partial charge in [0, 0.05) is 29.9 Å². The fraction of sp³-hybridized carbons (Fsp3) is 0.364. The SMILES string of the molecule is COc1ncccc1-c1ccc2nc(NC(=O)[C@H]3CC(=O)CN3C(=O)OC(C)(C)C)nn2c1. The lowest BCUT2D eigenvalue weighted by atomic mass is 10.1. The van der Waals surface area contributed by atoms with Gasteiger partial charge in [-0.3, -0.25) is 19.8 Å². The predicted molar refractivity (Wildman–Crippen MR) is 118 cm³/mol. The van der Waals surface area contributed by atoms with E-state index in [0.717, 1.165) is 16.0 Å². The number of ether oxygens (including phenoxy) is 2. The van der Waals surface area contributed by atoms with E-state index in [4.69, 9.17) is 9.47 Å². The topological polar surface area (TPSA) is 128 Å². The van der Waals surface area contributed by atoms with Crippen molar-refractivity contribution in [3.05, 3.63) is 36.7 Å². The molecule has 1 aliphatic rings. The fourth-order valence-electron chi connectivity index (χ4n) is 3.50. The van der Waals surface area contributed by atoms with E-state index in [1.165, 1.54) is 4.52 Å². The van der Waals surface area contributed by atoms with Gasteiger partial charge in [0.15, 0.2) is 11.4 Å². The number of anilines is 1. The van der Waals surface area contributed by atoms with Crippen molar-refractivity contribution < 1.29 is 23.9 Å². The Kier molecular flexibility index (Phi) is 5.71. The molecule has 1 fully saturated rings. The van der Waals surface area contributed by atoms with Gasteiger partial charge in [-0.05, 0) is 45.0 Å². The molecule has 11 heteroatoms. The molecule has 0 aliphatic carbocycles. The van der Waals surface area contributed by atoms with E-state index in [0.29, 0.717) is 11.5 Å². The molecule has 4 heterocycles. The number of rotatable bonds is 4. The molecule has 0 bridgehead atoms. The molecule has 33 heavy (non-hydrogen) atoms. The van der Waals surface area contributed by atoms with Crippen molar-refractivity contribution in [3.63, 3.8) is 0 Å². The number of carbonyl (C=O) groups excluding carboxylic acids is 3. The number of amides is 2. The van der Waals surface area contributed by atoms with Crippen LogP contribution in [0.25, 0.3) is 16.8 Å². The summed E-state index contributed by atoms with van der Waals surface area (Å²) < 4.78 is 12.2. The second-order valence-electron chi connectivity index (χ2n) is 8.57. The molecule has 3 aromatic heterocycles. The van der Waals surface area contributed by atoms with Crippen LogP contribution in [-0.2, 0) is 14.3 Å². The summed E-state index contributed by atoms with van der Waals surface area (Å²) in [5.74, 6) is -0.256. The third-order valence-corrected chi connectivity index (χ3v) is 4.92. The summed E-state index contributed by atoms with van der Waals surface area (Å²) in [7, 11) is 1.54. The van der Waals surface area contributed by atoms with Gasteiger partial charge in [-0.2, -0.15) is 4.98 Å². The van der Waals surface area contributed by atoms with Crippen molar-refractivity contribution in [2.24, 2.45) is 0 Å². The Hall–Kier alpha value is -4.02. The first-order valence-corrected chi connectivity index (χ1v) is 10.3. The number of hydrogen-bond acceptors (Lipinski definition) is 8. The molecular weight excluding hydrogens is 428 g/mol. The van der Waals surface area contributed by atoms with E-state index in [2.05, 4.69) is 20.4 Å². The quantitative estimate of drug-likeness (QED) is 0.639. The van der Waals surface area contributed by atoms with Crippen LogP contribution in [0, 0.1) is 0 Å². The molecule has 172 valence electrons. The van der Waals surface area contributed by atoms with Crippen molar-refractivity contribution in [1.82, 2.24) is 24.5 Å². The van der Waals surface area contributed by atoms with Crippen molar-refractivity contribution >= 4 is 29.4 Å². The van der Waals surface area contributed by atoms with Crippen LogP contribution in [0.15, 0.2) is 36.7 Å². The molecule has 0 unspecified atom stereocenters. The minimum atomic E-state index is -0.992. The smallest absolute Gasteiger partial charge is 0.411 e. The number of hydrogen-bond donors (Lipinski definition) is 1. The number of ketones is 1. The lowest BCUT2D eigenvalue weighted by Crippen LogP contribution is -2.45. The number of carbonyl (C=O) groups is 3. The van der Waals surface area contributed by atoms with Crippen molar-refractivity contribution in [1.29, 1.82) is 0 Å². The maximum absolute atomic E-state index is 12.9. The number of fused-ring (bicyclic) bond motifs is 1. The van der Waals surface area contributed by atoms with E-state index < -0.39 is 23.6 Å². The maximum Gasteiger partial charge on any atom is 0.411 e. The standard InChI is InChI=1S/C22H24N6O5/c1-22(2,3)33-21(31)27-12-14(29)10-16(27)18(30)25-20-24-17-8-7-13(11-28(17)26-20)15-6-5-9-23-19(15)32-4/h5-9,11,16H,10,12H2,1-4H3,(H,25,26,30)/t16-/m1/s1. The number of Topliss-reactive ketones (excluding diaryl/α,β-unsaturated/α-hetero) is 1. The average Bonchev–Trinajstić information content (AvgIpc) is 3.34. The molecule has 2 amide bonds. The lowest BCUT2D eigenvalue weighted by molar-refractivity contribution is -0.121.